The molecule has 1 fully saturated rings. The van der Waals surface area contributed by atoms with Crippen LogP contribution in [0.4, 0.5) is 0 Å². The smallest absolute Gasteiger partial charge is 0.241 e. The highest BCUT2D eigenvalue weighted by Crippen LogP contribution is 2.26. The average molecular weight is 260 g/mol. The van der Waals surface area contributed by atoms with Crippen LogP contribution in [-0.4, -0.2) is 40.1 Å². The highest BCUT2D eigenvalue weighted by molar-refractivity contribution is 5.84. The first-order chi connectivity index (χ1) is 9.29. The van der Waals surface area contributed by atoms with Gasteiger partial charge in [0.2, 0.25) is 5.88 Å². The molecule has 19 heavy (non-hydrogen) atoms. The zero-order chi connectivity index (χ0) is 13.2. The van der Waals surface area contributed by atoms with Crippen LogP contribution in [-0.2, 0) is 6.54 Å². The van der Waals surface area contributed by atoms with E-state index in [1.54, 1.807) is 13.4 Å². The molecular weight excluding hydrogens is 240 g/mol. The van der Waals surface area contributed by atoms with Crippen LogP contribution >= 0.6 is 0 Å². The maximum absolute atomic E-state index is 5.29. The minimum Gasteiger partial charge on any atom is -0.479 e. The third kappa shape index (κ3) is 2.30. The summed E-state index contributed by atoms with van der Waals surface area (Å²) in [6.45, 7) is 5.46. The number of aromatic nitrogens is 3. The Kier molecular flexibility index (Phi) is 3.38. The lowest BCUT2D eigenvalue weighted by Gasteiger charge is -2.26. The molecule has 1 aliphatic heterocycles. The maximum atomic E-state index is 5.29. The molecule has 0 radical (unpaired) electrons. The van der Waals surface area contributed by atoms with Crippen molar-refractivity contribution in [1.29, 1.82) is 0 Å². The standard InChI is InChI=1S/C14H20N4O/c1-10-11(8-18-6-4-3-5-7-18)17-13-12(10)15-9-16-14(13)19-2/h9,17H,3-8H2,1-2H3. The van der Waals surface area contributed by atoms with Crippen LogP contribution in [0.15, 0.2) is 6.33 Å². The number of fused-ring (bicyclic) bond motifs is 1. The summed E-state index contributed by atoms with van der Waals surface area (Å²) >= 11 is 0. The van der Waals surface area contributed by atoms with Gasteiger partial charge in [-0.15, -0.1) is 0 Å². The molecule has 0 unspecified atom stereocenters. The number of aromatic amines is 1. The fraction of sp³-hybridized carbons (Fsp3) is 0.571. The fourth-order valence-electron chi connectivity index (χ4n) is 2.81. The Morgan fingerprint density at radius 3 is 2.79 bits per heavy atom. The van der Waals surface area contributed by atoms with Crippen molar-refractivity contribution in [2.24, 2.45) is 0 Å². The molecule has 0 spiro atoms. The summed E-state index contributed by atoms with van der Waals surface area (Å²) in [6, 6.07) is 0. The fourth-order valence-corrected chi connectivity index (χ4v) is 2.81. The van der Waals surface area contributed by atoms with Crippen LogP contribution in [0.25, 0.3) is 11.0 Å². The molecule has 5 nitrogen and oxygen atoms in total. The quantitative estimate of drug-likeness (QED) is 0.919. The molecule has 3 rings (SSSR count). The Balaban J connectivity index is 1.93. The van der Waals surface area contributed by atoms with Gasteiger partial charge in [-0.05, 0) is 38.4 Å². The second kappa shape index (κ2) is 5.17. The number of H-pyrrole nitrogens is 1. The van der Waals surface area contributed by atoms with E-state index in [2.05, 4.69) is 26.8 Å². The van der Waals surface area contributed by atoms with Crippen molar-refractivity contribution in [2.75, 3.05) is 20.2 Å². The lowest BCUT2D eigenvalue weighted by Crippen LogP contribution is -2.29. The predicted octanol–water partition coefficient (Wildman–Crippen LogP) is 2.26. The topological polar surface area (TPSA) is 54.0 Å². The first kappa shape index (κ1) is 12.4. The molecule has 2 aromatic rings. The number of likely N-dealkylation sites (tertiary alicyclic amines) is 1. The van der Waals surface area contributed by atoms with Crippen molar-refractivity contribution in [1.82, 2.24) is 19.9 Å². The Bertz CT molecular complexity index is 572. The maximum Gasteiger partial charge on any atom is 0.241 e. The number of hydrogen-bond donors (Lipinski definition) is 1. The molecule has 0 atom stereocenters. The van der Waals surface area contributed by atoms with Crippen LogP contribution in [0.2, 0.25) is 0 Å². The number of nitrogens with zero attached hydrogens (tertiary/aromatic N) is 3. The van der Waals surface area contributed by atoms with E-state index in [4.69, 9.17) is 4.74 Å². The number of ether oxygens (including phenoxy) is 1. The molecule has 0 amide bonds. The SMILES string of the molecule is COc1ncnc2c(C)c(CN3CCCCC3)[nH]c12. The minimum atomic E-state index is 0.623. The summed E-state index contributed by atoms with van der Waals surface area (Å²) in [6.07, 6.45) is 5.54. The molecule has 0 bridgehead atoms. The number of piperidine rings is 1. The van der Waals surface area contributed by atoms with E-state index in [1.165, 1.54) is 43.6 Å². The molecule has 1 saturated heterocycles. The molecule has 0 aliphatic carbocycles. The number of rotatable bonds is 3. The summed E-state index contributed by atoms with van der Waals surface area (Å²) in [5, 5.41) is 0. The van der Waals surface area contributed by atoms with Crippen molar-refractivity contribution in [3.8, 4) is 5.88 Å². The second-order valence-corrected chi connectivity index (χ2v) is 5.17. The van der Waals surface area contributed by atoms with Gasteiger partial charge in [-0.3, -0.25) is 4.90 Å². The Labute approximate surface area is 113 Å². The number of nitrogens with one attached hydrogen (secondary N) is 1. The van der Waals surface area contributed by atoms with Crippen molar-refractivity contribution < 1.29 is 4.74 Å². The van der Waals surface area contributed by atoms with E-state index in [0.29, 0.717) is 5.88 Å². The van der Waals surface area contributed by atoms with E-state index < -0.39 is 0 Å². The van der Waals surface area contributed by atoms with Gasteiger partial charge in [0, 0.05) is 12.2 Å². The highest BCUT2D eigenvalue weighted by Gasteiger charge is 2.17. The monoisotopic (exact) mass is 260 g/mol. The number of aryl methyl sites for hydroxylation is 1. The van der Waals surface area contributed by atoms with Gasteiger partial charge < -0.3 is 9.72 Å². The number of hydrogen-bond acceptors (Lipinski definition) is 4. The van der Waals surface area contributed by atoms with E-state index >= 15 is 0 Å². The molecule has 1 N–H and O–H groups in total. The summed E-state index contributed by atoms with van der Waals surface area (Å²) in [5.74, 6) is 0.623. The van der Waals surface area contributed by atoms with Crippen molar-refractivity contribution in [3.63, 3.8) is 0 Å². The Morgan fingerprint density at radius 1 is 1.26 bits per heavy atom. The zero-order valence-electron chi connectivity index (χ0n) is 11.6. The normalized spacial score (nSPS) is 16.9. The molecular formula is C14H20N4O. The van der Waals surface area contributed by atoms with Crippen LogP contribution in [0.1, 0.15) is 30.5 Å². The van der Waals surface area contributed by atoms with Crippen molar-refractivity contribution in [2.45, 2.75) is 32.7 Å². The van der Waals surface area contributed by atoms with Gasteiger partial charge in [-0.25, -0.2) is 4.98 Å². The van der Waals surface area contributed by atoms with Gasteiger partial charge in [0.1, 0.15) is 11.8 Å². The van der Waals surface area contributed by atoms with Crippen LogP contribution in [0.3, 0.4) is 0 Å². The van der Waals surface area contributed by atoms with E-state index in [-0.39, 0.29) is 0 Å². The third-order valence-electron chi connectivity index (χ3n) is 3.92. The van der Waals surface area contributed by atoms with Gasteiger partial charge in [-0.2, -0.15) is 4.98 Å². The molecule has 5 heteroatoms. The first-order valence-electron chi connectivity index (χ1n) is 6.88. The molecule has 0 aromatic carbocycles. The summed E-state index contributed by atoms with van der Waals surface area (Å²) in [4.78, 5) is 14.5. The third-order valence-corrected chi connectivity index (χ3v) is 3.92. The lowest BCUT2D eigenvalue weighted by atomic mass is 10.1. The minimum absolute atomic E-state index is 0.623. The molecule has 3 heterocycles. The summed E-state index contributed by atoms with van der Waals surface area (Å²) in [7, 11) is 1.64. The number of methoxy groups -OCH3 is 1. The van der Waals surface area contributed by atoms with Gasteiger partial charge in [-0.1, -0.05) is 6.42 Å². The van der Waals surface area contributed by atoms with Crippen LogP contribution < -0.4 is 4.74 Å². The van der Waals surface area contributed by atoms with Crippen molar-refractivity contribution in [3.05, 3.63) is 17.6 Å². The van der Waals surface area contributed by atoms with E-state index in [1.807, 2.05) is 0 Å². The van der Waals surface area contributed by atoms with Crippen LogP contribution in [0.5, 0.6) is 5.88 Å². The van der Waals surface area contributed by atoms with Crippen LogP contribution in [0, 0.1) is 6.92 Å². The van der Waals surface area contributed by atoms with Gasteiger partial charge >= 0.3 is 0 Å². The summed E-state index contributed by atoms with van der Waals surface area (Å²) in [5.41, 5.74) is 4.32. The Hall–Kier alpha value is -1.62. The lowest BCUT2D eigenvalue weighted by molar-refractivity contribution is 0.218. The zero-order valence-corrected chi connectivity index (χ0v) is 11.6. The predicted molar refractivity (Wildman–Crippen MR) is 74.3 cm³/mol. The van der Waals surface area contributed by atoms with E-state index in [9.17, 15) is 0 Å². The second-order valence-electron chi connectivity index (χ2n) is 5.17. The molecule has 2 aromatic heterocycles. The average Bonchev–Trinajstić information content (AvgIpc) is 2.77. The highest BCUT2D eigenvalue weighted by atomic mass is 16.5. The first-order valence-corrected chi connectivity index (χ1v) is 6.88. The molecule has 0 saturated carbocycles. The molecule has 1 aliphatic rings. The van der Waals surface area contributed by atoms with Crippen molar-refractivity contribution >= 4 is 11.0 Å². The summed E-state index contributed by atoms with van der Waals surface area (Å²) < 4.78 is 5.29. The largest absolute Gasteiger partial charge is 0.479 e. The molecule has 102 valence electrons. The van der Waals surface area contributed by atoms with Gasteiger partial charge in [0.15, 0.2) is 0 Å². The Morgan fingerprint density at radius 2 is 2.05 bits per heavy atom. The van der Waals surface area contributed by atoms with Gasteiger partial charge in [0.05, 0.1) is 12.6 Å². The van der Waals surface area contributed by atoms with Gasteiger partial charge in [0.25, 0.3) is 0 Å². The van der Waals surface area contributed by atoms with E-state index in [0.717, 1.165) is 17.6 Å².